The van der Waals surface area contributed by atoms with Gasteiger partial charge in [-0.1, -0.05) is 66.4 Å². The summed E-state index contributed by atoms with van der Waals surface area (Å²) in [4.78, 5) is 12.0. The summed E-state index contributed by atoms with van der Waals surface area (Å²) < 4.78 is 1.76. The summed E-state index contributed by atoms with van der Waals surface area (Å²) in [5.41, 5.74) is 1.69. The predicted molar refractivity (Wildman–Crippen MR) is 101 cm³/mol. The summed E-state index contributed by atoms with van der Waals surface area (Å²) in [6.45, 7) is 6.27. The third-order valence-electron chi connectivity index (χ3n) is 2.71. The van der Waals surface area contributed by atoms with E-state index in [1.165, 1.54) is 23.1 Å². The van der Waals surface area contributed by atoms with E-state index >= 15 is 0 Å². The van der Waals surface area contributed by atoms with Crippen molar-refractivity contribution in [3.05, 3.63) is 28.8 Å². The molecule has 0 bridgehead atoms. The largest absolute Gasteiger partial charge is 0.325 e. The number of hydrogen-bond acceptors (Lipinski definition) is 6. The highest BCUT2D eigenvalue weighted by molar-refractivity contribution is 8.03. The Morgan fingerprint density at radius 1 is 1.30 bits per heavy atom. The average Bonchev–Trinajstić information content (AvgIpc) is 2.95. The van der Waals surface area contributed by atoms with Gasteiger partial charge >= 0.3 is 0 Å². The molecule has 4 nitrogen and oxygen atoms in total. The molecule has 8 heteroatoms. The van der Waals surface area contributed by atoms with Crippen LogP contribution in [0.2, 0.25) is 5.02 Å². The Kier molecular flexibility index (Phi) is 7.20. The van der Waals surface area contributed by atoms with Crippen LogP contribution in [-0.2, 0) is 4.79 Å². The Labute approximate surface area is 153 Å². The van der Waals surface area contributed by atoms with Gasteiger partial charge in [-0.2, -0.15) is 0 Å². The molecule has 23 heavy (non-hydrogen) atoms. The van der Waals surface area contributed by atoms with Gasteiger partial charge in [-0.25, -0.2) is 0 Å². The molecule has 0 aliphatic rings. The number of carbonyl (C=O) groups is 1. The molecule has 1 aromatic carbocycles. The minimum atomic E-state index is -0.0819. The van der Waals surface area contributed by atoms with Crippen LogP contribution in [0.25, 0.3) is 0 Å². The molecule has 0 radical (unpaired) electrons. The predicted octanol–water partition coefficient (Wildman–Crippen LogP) is 4.98. The molecule has 0 fully saturated rings. The highest BCUT2D eigenvalue weighted by Crippen LogP contribution is 2.29. The maximum absolute atomic E-state index is 12.0. The summed E-state index contributed by atoms with van der Waals surface area (Å²) >= 11 is 10.7. The third kappa shape index (κ3) is 6.33. The van der Waals surface area contributed by atoms with Gasteiger partial charge in [-0.15, -0.1) is 10.2 Å². The lowest BCUT2D eigenvalue weighted by molar-refractivity contribution is -0.113. The number of amides is 1. The molecular weight excluding hydrogens is 370 g/mol. The Bertz CT molecular complexity index is 676. The van der Waals surface area contributed by atoms with Crippen molar-refractivity contribution >= 4 is 58.1 Å². The van der Waals surface area contributed by atoms with Crippen LogP contribution in [0.1, 0.15) is 19.4 Å². The number of anilines is 1. The molecule has 2 aromatic rings. The Morgan fingerprint density at radius 2 is 2.00 bits per heavy atom. The molecule has 1 amide bonds. The van der Waals surface area contributed by atoms with E-state index in [2.05, 4.69) is 29.4 Å². The smallest absolute Gasteiger partial charge is 0.234 e. The summed E-state index contributed by atoms with van der Waals surface area (Å²) in [7, 11) is 0. The highest BCUT2D eigenvalue weighted by Gasteiger charge is 2.10. The van der Waals surface area contributed by atoms with Crippen molar-refractivity contribution < 1.29 is 4.79 Å². The van der Waals surface area contributed by atoms with Crippen molar-refractivity contribution in [1.29, 1.82) is 0 Å². The van der Waals surface area contributed by atoms with E-state index in [0.717, 1.165) is 20.0 Å². The lowest BCUT2D eigenvalue weighted by atomic mass is 10.2. The van der Waals surface area contributed by atoms with Crippen LogP contribution in [0.5, 0.6) is 0 Å². The molecule has 2 rings (SSSR count). The van der Waals surface area contributed by atoms with Gasteiger partial charge in [0.25, 0.3) is 0 Å². The zero-order valence-electron chi connectivity index (χ0n) is 13.1. The number of aromatic nitrogens is 2. The van der Waals surface area contributed by atoms with Crippen LogP contribution in [0, 0.1) is 12.8 Å². The number of aryl methyl sites for hydroxylation is 1. The van der Waals surface area contributed by atoms with Crippen LogP contribution >= 0.6 is 46.5 Å². The summed E-state index contributed by atoms with van der Waals surface area (Å²) in [5.74, 6) is 1.86. The molecule has 0 unspecified atom stereocenters. The van der Waals surface area contributed by atoms with Crippen LogP contribution in [0.4, 0.5) is 5.69 Å². The van der Waals surface area contributed by atoms with E-state index in [-0.39, 0.29) is 5.91 Å². The second-order valence-electron chi connectivity index (χ2n) is 5.34. The van der Waals surface area contributed by atoms with Crippen molar-refractivity contribution in [2.45, 2.75) is 29.5 Å². The van der Waals surface area contributed by atoms with Crippen molar-refractivity contribution in [2.24, 2.45) is 5.92 Å². The zero-order chi connectivity index (χ0) is 16.8. The van der Waals surface area contributed by atoms with Crippen molar-refractivity contribution in [3.63, 3.8) is 0 Å². The summed E-state index contributed by atoms with van der Waals surface area (Å²) in [6.07, 6.45) is 0. The normalized spacial score (nSPS) is 11.0. The first-order chi connectivity index (χ1) is 10.9. The Hall–Kier alpha value is -0.760. The average molecular weight is 388 g/mol. The van der Waals surface area contributed by atoms with Crippen LogP contribution in [-0.4, -0.2) is 27.6 Å². The standard InChI is InChI=1S/C15H18ClN3OS3/c1-9(2)7-21-14-18-19-15(23-14)22-8-13(20)17-11-5-4-10(3)12(16)6-11/h4-6,9H,7-8H2,1-3H3,(H,17,20). The number of thioether (sulfide) groups is 2. The quantitative estimate of drug-likeness (QED) is 0.679. The number of benzene rings is 1. The van der Waals surface area contributed by atoms with Gasteiger partial charge in [-0.3, -0.25) is 4.79 Å². The molecule has 0 saturated carbocycles. The SMILES string of the molecule is Cc1ccc(NC(=O)CSc2nnc(SCC(C)C)s2)cc1Cl. The van der Waals surface area contributed by atoms with Gasteiger partial charge in [-0.05, 0) is 30.5 Å². The molecule has 124 valence electrons. The van der Waals surface area contributed by atoms with Gasteiger partial charge in [0.05, 0.1) is 5.75 Å². The molecule has 1 N–H and O–H groups in total. The van der Waals surface area contributed by atoms with Gasteiger partial charge in [0.1, 0.15) is 0 Å². The lowest BCUT2D eigenvalue weighted by Gasteiger charge is -2.05. The molecule has 0 saturated heterocycles. The zero-order valence-corrected chi connectivity index (χ0v) is 16.3. The van der Waals surface area contributed by atoms with E-state index in [4.69, 9.17) is 11.6 Å². The highest BCUT2D eigenvalue weighted by atomic mass is 35.5. The van der Waals surface area contributed by atoms with E-state index < -0.39 is 0 Å². The molecule has 1 heterocycles. The van der Waals surface area contributed by atoms with Crippen LogP contribution < -0.4 is 5.32 Å². The Balaban J connectivity index is 1.81. The molecule has 1 aromatic heterocycles. The Morgan fingerprint density at radius 3 is 2.65 bits per heavy atom. The topological polar surface area (TPSA) is 54.9 Å². The summed E-state index contributed by atoms with van der Waals surface area (Å²) in [5, 5.41) is 11.7. The van der Waals surface area contributed by atoms with Crippen molar-refractivity contribution in [1.82, 2.24) is 10.2 Å². The maximum Gasteiger partial charge on any atom is 0.234 e. The van der Waals surface area contributed by atoms with Crippen LogP contribution in [0.3, 0.4) is 0 Å². The number of nitrogens with one attached hydrogen (secondary N) is 1. The molecule has 0 aliphatic carbocycles. The second-order valence-corrected chi connectivity index (χ2v) is 9.21. The molecular formula is C15H18ClN3OS3. The summed E-state index contributed by atoms with van der Waals surface area (Å²) in [6, 6.07) is 5.48. The number of nitrogens with zero attached hydrogens (tertiary/aromatic N) is 2. The lowest BCUT2D eigenvalue weighted by Crippen LogP contribution is -2.13. The monoisotopic (exact) mass is 387 g/mol. The number of hydrogen-bond donors (Lipinski definition) is 1. The first-order valence-electron chi connectivity index (χ1n) is 7.09. The van der Waals surface area contributed by atoms with E-state index in [1.54, 1.807) is 17.8 Å². The molecule has 0 spiro atoms. The van der Waals surface area contributed by atoms with Crippen molar-refractivity contribution in [2.75, 3.05) is 16.8 Å². The number of carbonyl (C=O) groups excluding carboxylic acids is 1. The third-order valence-corrected chi connectivity index (χ3v) is 6.73. The fraction of sp³-hybridized carbons (Fsp3) is 0.400. The van der Waals surface area contributed by atoms with Gasteiger partial charge in [0, 0.05) is 16.5 Å². The minimum absolute atomic E-state index is 0.0819. The van der Waals surface area contributed by atoms with E-state index in [0.29, 0.717) is 22.4 Å². The van der Waals surface area contributed by atoms with Crippen LogP contribution in [0.15, 0.2) is 26.9 Å². The molecule has 0 aliphatic heterocycles. The molecule has 0 atom stereocenters. The second kappa shape index (κ2) is 8.92. The van der Waals surface area contributed by atoms with Gasteiger partial charge < -0.3 is 5.32 Å². The van der Waals surface area contributed by atoms with Crippen molar-refractivity contribution in [3.8, 4) is 0 Å². The maximum atomic E-state index is 12.0. The fourth-order valence-corrected chi connectivity index (χ4v) is 4.52. The van der Waals surface area contributed by atoms with E-state index in [1.807, 2.05) is 19.1 Å². The fourth-order valence-electron chi connectivity index (χ4n) is 1.55. The first kappa shape index (κ1) is 18.6. The number of halogens is 1. The first-order valence-corrected chi connectivity index (χ1v) is 10.3. The van der Waals surface area contributed by atoms with Gasteiger partial charge in [0.2, 0.25) is 5.91 Å². The van der Waals surface area contributed by atoms with E-state index in [9.17, 15) is 4.79 Å². The number of rotatable bonds is 7. The van der Waals surface area contributed by atoms with Gasteiger partial charge in [0.15, 0.2) is 8.68 Å². The minimum Gasteiger partial charge on any atom is -0.325 e.